The smallest absolute Gasteiger partial charge is 0.0483 e. The number of halogens is 1. The Bertz CT molecular complexity index is 10.8. The summed E-state index contributed by atoms with van der Waals surface area (Å²) in [4.78, 5) is 0. The second-order valence-electron chi connectivity index (χ2n) is 0.616. The first-order valence-electron chi connectivity index (χ1n) is 1.08. The van der Waals surface area contributed by atoms with Crippen molar-refractivity contribution in [3.63, 3.8) is 0 Å². The summed E-state index contributed by atoms with van der Waals surface area (Å²) in [6, 6.07) is 0. The van der Waals surface area contributed by atoms with Crippen LogP contribution in [0.1, 0.15) is 6.92 Å². The number of alkyl halides is 1. The zero-order chi connectivity index (χ0) is 3.58. The summed E-state index contributed by atoms with van der Waals surface area (Å²) in [6.45, 7) is 1.85. The van der Waals surface area contributed by atoms with Crippen molar-refractivity contribution >= 4 is 21.8 Å². The van der Waals surface area contributed by atoms with E-state index in [1.807, 2.05) is 6.92 Å². The Morgan fingerprint density at radius 3 is 2.00 bits per heavy atom. The van der Waals surface area contributed by atoms with E-state index in [0.717, 1.165) is 0 Å². The summed E-state index contributed by atoms with van der Waals surface area (Å²) in [7, 11) is 3.08. The molecule has 0 aliphatic rings. The molecule has 1 unspecified atom stereocenters. The lowest BCUT2D eigenvalue weighted by molar-refractivity contribution is 1.38. The standard InChI is InChI=1S/C2H4ClSi/c1-2(3)4/h2H,1H3. The van der Waals surface area contributed by atoms with Crippen LogP contribution in [0.2, 0.25) is 0 Å². The molecular formula is C2H4ClSi. The third-order valence-corrected chi connectivity index (χ3v) is 0. The maximum Gasteiger partial charge on any atom is 0.0483 e. The van der Waals surface area contributed by atoms with Crippen LogP contribution in [0.25, 0.3) is 0 Å². The molecule has 0 aliphatic carbocycles. The Morgan fingerprint density at radius 2 is 2.00 bits per heavy atom. The van der Waals surface area contributed by atoms with Gasteiger partial charge in [0, 0.05) is 15.2 Å². The third-order valence-electron chi connectivity index (χ3n) is 0. The molecule has 0 fully saturated rings. The van der Waals surface area contributed by atoms with Crippen LogP contribution in [0.15, 0.2) is 0 Å². The minimum absolute atomic E-state index is 0.111. The molecule has 0 bridgehead atoms. The zero-order valence-electron chi connectivity index (χ0n) is 2.46. The Hall–Kier alpha value is 0.507. The molecule has 0 heterocycles. The summed E-state index contributed by atoms with van der Waals surface area (Å²) >= 11 is 5.19. The van der Waals surface area contributed by atoms with Crippen LogP contribution in [0.3, 0.4) is 0 Å². The second kappa shape index (κ2) is 1.79. The van der Waals surface area contributed by atoms with Crippen molar-refractivity contribution in [3.05, 3.63) is 0 Å². The maximum atomic E-state index is 5.19. The van der Waals surface area contributed by atoms with Gasteiger partial charge in [0.1, 0.15) is 0 Å². The number of hydrogen-bond acceptors (Lipinski definition) is 0. The minimum Gasteiger partial charge on any atom is -0.128 e. The summed E-state index contributed by atoms with van der Waals surface area (Å²) in [5.41, 5.74) is 0. The van der Waals surface area contributed by atoms with Gasteiger partial charge in [-0.05, 0) is 0 Å². The number of rotatable bonds is 0. The summed E-state index contributed by atoms with van der Waals surface area (Å²) in [6.07, 6.45) is 0. The molecule has 1 atom stereocenters. The van der Waals surface area contributed by atoms with Gasteiger partial charge in [-0.15, -0.1) is 11.6 Å². The monoisotopic (exact) mass is 91.0 g/mol. The van der Waals surface area contributed by atoms with Crippen molar-refractivity contribution in [1.82, 2.24) is 0 Å². The topological polar surface area (TPSA) is 0 Å². The average Bonchev–Trinajstić information content (AvgIpc) is 0.811. The lowest BCUT2D eigenvalue weighted by Crippen LogP contribution is -1.81. The van der Waals surface area contributed by atoms with E-state index in [-0.39, 0.29) is 5.00 Å². The van der Waals surface area contributed by atoms with E-state index < -0.39 is 0 Å². The Balaban J connectivity index is 2.32. The molecule has 0 aromatic carbocycles. The molecule has 0 saturated heterocycles. The van der Waals surface area contributed by atoms with Crippen molar-refractivity contribution in [3.8, 4) is 0 Å². The van der Waals surface area contributed by atoms with Crippen molar-refractivity contribution in [1.29, 1.82) is 0 Å². The summed E-state index contributed by atoms with van der Waals surface area (Å²) in [5.74, 6) is 0. The van der Waals surface area contributed by atoms with E-state index in [4.69, 9.17) is 11.6 Å². The van der Waals surface area contributed by atoms with Crippen molar-refractivity contribution < 1.29 is 0 Å². The van der Waals surface area contributed by atoms with E-state index in [1.54, 1.807) is 0 Å². The van der Waals surface area contributed by atoms with Crippen LogP contribution in [0, 0.1) is 0 Å². The van der Waals surface area contributed by atoms with Crippen LogP contribution in [0.4, 0.5) is 0 Å². The molecule has 0 aromatic heterocycles. The quantitative estimate of drug-likeness (QED) is 0.305. The van der Waals surface area contributed by atoms with Crippen molar-refractivity contribution in [2.75, 3.05) is 0 Å². The molecule has 23 valence electrons. The fraction of sp³-hybridized carbons (Fsp3) is 1.00. The summed E-state index contributed by atoms with van der Waals surface area (Å²) in [5, 5.41) is 0.111. The second-order valence-corrected chi connectivity index (χ2v) is 2.50. The molecule has 0 aromatic rings. The van der Waals surface area contributed by atoms with Crippen molar-refractivity contribution in [2.45, 2.75) is 11.9 Å². The highest BCUT2D eigenvalue weighted by Gasteiger charge is 1.72. The van der Waals surface area contributed by atoms with E-state index >= 15 is 0 Å². The Kier molecular flexibility index (Phi) is 2.02. The van der Waals surface area contributed by atoms with Crippen LogP contribution in [-0.4, -0.2) is 15.2 Å². The molecule has 0 saturated carbocycles. The van der Waals surface area contributed by atoms with Gasteiger partial charge in [0.25, 0.3) is 0 Å². The molecular weight excluding hydrogens is 87.6 g/mol. The van der Waals surface area contributed by atoms with Gasteiger partial charge in [0.2, 0.25) is 0 Å². The average molecular weight is 91.6 g/mol. The van der Waals surface area contributed by atoms with Crippen LogP contribution < -0.4 is 0 Å². The molecule has 4 heavy (non-hydrogen) atoms. The van der Waals surface area contributed by atoms with Gasteiger partial charge < -0.3 is 0 Å². The number of hydrogen-bond donors (Lipinski definition) is 0. The predicted octanol–water partition coefficient (Wildman–Crippen LogP) is 0.740. The highest BCUT2D eigenvalue weighted by atomic mass is 35.5. The predicted molar refractivity (Wildman–Crippen MR) is 21.1 cm³/mol. The molecule has 0 spiro atoms. The molecule has 0 amide bonds. The first-order chi connectivity index (χ1) is 1.73. The van der Waals surface area contributed by atoms with E-state index in [1.165, 1.54) is 0 Å². The molecule has 3 radical (unpaired) electrons. The zero-order valence-corrected chi connectivity index (χ0v) is 4.21. The molecule has 0 rings (SSSR count). The Morgan fingerprint density at radius 1 is 2.00 bits per heavy atom. The van der Waals surface area contributed by atoms with Gasteiger partial charge in [-0.1, -0.05) is 6.92 Å². The summed E-state index contributed by atoms with van der Waals surface area (Å²) < 4.78 is 0. The van der Waals surface area contributed by atoms with Gasteiger partial charge in [-0.2, -0.15) is 0 Å². The molecule has 2 heteroatoms. The van der Waals surface area contributed by atoms with Crippen molar-refractivity contribution in [2.24, 2.45) is 0 Å². The first kappa shape index (κ1) is 4.51. The third kappa shape index (κ3) is 22.2. The van der Waals surface area contributed by atoms with E-state index in [2.05, 4.69) is 10.2 Å². The molecule has 0 N–H and O–H groups in total. The van der Waals surface area contributed by atoms with E-state index in [9.17, 15) is 0 Å². The van der Waals surface area contributed by atoms with Gasteiger partial charge >= 0.3 is 0 Å². The van der Waals surface area contributed by atoms with Gasteiger partial charge in [0.05, 0.1) is 0 Å². The normalized spacial score (nSPS) is 15.8. The van der Waals surface area contributed by atoms with Gasteiger partial charge in [0.15, 0.2) is 0 Å². The van der Waals surface area contributed by atoms with Crippen LogP contribution >= 0.6 is 11.6 Å². The highest BCUT2D eigenvalue weighted by molar-refractivity contribution is 6.40. The highest BCUT2D eigenvalue weighted by Crippen LogP contribution is 1.78. The lowest BCUT2D eigenvalue weighted by atomic mass is 11.0. The Labute approximate surface area is 34.6 Å². The van der Waals surface area contributed by atoms with Crippen LogP contribution in [0.5, 0.6) is 0 Å². The molecule has 0 aliphatic heterocycles. The lowest BCUT2D eigenvalue weighted by Gasteiger charge is -1.75. The van der Waals surface area contributed by atoms with Crippen LogP contribution in [-0.2, 0) is 0 Å². The largest absolute Gasteiger partial charge is 0.128 e. The molecule has 0 nitrogen and oxygen atoms in total. The fourth-order valence-corrected chi connectivity index (χ4v) is 0. The fourth-order valence-electron chi connectivity index (χ4n) is 0. The van der Waals surface area contributed by atoms with Gasteiger partial charge in [-0.25, -0.2) is 0 Å². The SMILES string of the molecule is CC([Si])Cl. The first-order valence-corrected chi connectivity index (χ1v) is 2.10. The van der Waals surface area contributed by atoms with E-state index in [0.29, 0.717) is 0 Å². The maximum absolute atomic E-state index is 5.19. The minimum atomic E-state index is 0.111. The van der Waals surface area contributed by atoms with Gasteiger partial charge in [-0.3, -0.25) is 0 Å².